The van der Waals surface area contributed by atoms with Gasteiger partial charge >= 0.3 is 6.09 Å². The zero-order chi connectivity index (χ0) is 17.4. The molecule has 2 bridgehead atoms. The van der Waals surface area contributed by atoms with Crippen molar-refractivity contribution in [2.24, 2.45) is 0 Å². The van der Waals surface area contributed by atoms with Gasteiger partial charge in [-0.1, -0.05) is 0 Å². The van der Waals surface area contributed by atoms with Gasteiger partial charge < -0.3 is 14.5 Å². The molecule has 2 saturated heterocycles. The van der Waals surface area contributed by atoms with E-state index >= 15 is 0 Å². The number of nitrogens with one attached hydrogen (secondary N) is 1. The third-order valence-electron chi connectivity index (χ3n) is 5.30. The number of likely N-dealkylation sites (tertiary alicyclic amines) is 1. The fourth-order valence-electron chi connectivity index (χ4n) is 4.00. The molecule has 25 heavy (non-hydrogen) atoms. The summed E-state index contributed by atoms with van der Waals surface area (Å²) in [5.41, 5.74) is 1.75. The number of ether oxygens (including phenoxy) is 1. The Morgan fingerprint density at radius 2 is 1.88 bits per heavy atom. The number of hydrogen-bond donors (Lipinski definition) is 2. The lowest BCUT2D eigenvalue weighted by Gasteiger charge is -2.34. The van der Waals surface area contributed by atoms with Crippen LogP contribution in [0.1, 0.15) is 42.5 Å². The van der Waals surface area contributed by atoms with Crippen molar-refractivity contribution in [3.05, 3.63) is 18.0 Å². The Balaban J connectivity index is 1.37. The molecule has 3 aliphatic rings. The Morgan fingerprint density at radius 3 is 2.48 bits per heavy atom. The quantitative estimate of drug-likeness (QED) is 0.619. The summed E-state index contributed by atoms with van der Waals surface area (Å²) in [6.07, 6.45) is 7.74. The van der Waals surface area contributed by atoms with Gasteiger partial charge in [0.1, 0.15) is 6.10 Å². The van der Waals surface area contributed by atoms with Crippen LogP contribution in [0, 0.1) is 0 Å². The summed E-state index contributed by atoms with van der Waals surface area (Å²) in [5.74, 6) is -0.110. The van der Waals surface area contributed by atoms with Gasteiger partial charge in [-0.05, 0) is 32.1 Å². The first-order valence-electron chi connectivity index (χ1n) is 8.66. The minimum absolute atomic E-state index is 0.0799. The molecule has 2 amide bonds. The van der Waals surface area contributed by atoms with E-state index in [2.05, 4.69) is 14.9 Å². The van der Waals surface area contributed by atoms with Crippen molar-refractivity contribution in [1.82, 2.24) is 20.3 Å². The molecule has 3 heterocycles. The molecule has 1 aromatic rings. The van der Waals surface area contributed by atoms with Crippen LogP contribution in [0.3, 0.4) is 0 Å². The van der Waals surface area contributed by atoms with Crippen LogP contribution in [0.5, 0.6) is 0 Å². The van der Waals surface area contributed by atoms with Crippen molar-refractivity contribution in [1.29, 1.82) is 0 Å². The lowest BCUT2D eigenvalue weighted by molar-refractivity contribution is 0.0603. The number of fused-ring (bicyclic) bond motifs is 2. The van der Waals surface area contributed by atoms with Crippen LogP contribution >= 0.6 is 0 Å². The van der Waals surface area contributed by atoms with E-state index in [1.807, 2.05) is 4.90 Å². The topological polar surface area (TPSA) is 108 Å². The van der Waals surface area contributed by atoms with Gasteiger partial charge in [-0.3, -0.25) is 10.0 Å². The Morgan fingerprint density at radius 1 is 1.16 bits per heavy atom. The zero-order valence-electron chi connectivity index (χ0n) is 13.8. The van der Waals surface area contributed by atoms with Gasteiger partial charge in [0.25, 0.3) is 5.91 Å². The maximum atomic E-state index is 12.4. The van der Waals surface area contributed by atoms with Crippen LogP contribution in [-0.4, -0.2) is 63.4 Å². The maximum absolute atomic E-state index is 12.4. The number of nitrogens with zero attached hydrogens (tertiary/aromatic N) is 4. The molecule has 2 N–H and O–H groups in total. The molecular formula is C16H21N5O4. The lowest BCUT2D eigenvalue weighted by Crippen LogP contribution is -2.50. The predicted octanol–water partition coefficient (Wildman–Crippen LogP) is 0.938. The molecule has 1 saturated carbocycles. The number of hydroxylamine groups is 1. The Hall–Kier alpha value is -2.42. The van der Waals surface area contributed by atoms with Crippen LogP contribution in [-0.2, 0) is 4.74 Å². The Kier molecular flexibility index (Phi) is 4.16. The number of rotatable bonds is 3. The van der Waals surface area contributed by atoms with Crippen molar-refractivity contribution in [2.45, 2.75) is 50.3 Å². The second-order valence-corrected chi connectivity index (χ2v) is 6.85. The van der Waals surface area contributed by atoms with Crippen LogP contribution in [0.15, 0.2) is 12.4 Å². The van der Waals surface area contributed by atoms with Crippen LogP contribution < -0.4 is 10.4 Å². The molecule has 2 atom stereocenters. The smallest absolute Gasteiger partial charge is 0.410 e. The van der Waals surface area contributed by atoms with Gasteiger partial charge in [-0.15, -0.1) is 0 Å². The number of carbonyl (C=O) groups excluding carboxylic acids is 2. The van der Waals surface area contributed by atoms with E-state index in [1.54, 1.807) is 5.48 Å². The first-order valence-corrected chi connectivity index (χ1v) is 8.66. The monoisotopic (exact) mass is 347 g/mol. The van der Waals surface area contributed by atoms with E-state index in [1.165, 1.54) is 12.4 Å². The van der Waals surface area contributed by atoms with E-state index in [4.69, 9.17) is 9.94 Å². The van der Waals surface area contributed by atoms with E-state index in [0.717, 1.165) is 32.1 Å². The summed E-state index contributed by atoms with van der Waals surface area (Å²) in [7, 11) is 0. The summed E-state index contributed by atoms with van der Waals surface area (Å²) in [6, 6.07) is 0.279. The molecule has 134 valence electrons. The first kappa shape index (κ1) is 16.1. The highest BCUT2D eigenvalue weighted by atomic mass is 16.6. The predicted molar refractivity (Wildman–Crippen MR) is 86.3 cm³/mol. The van der Waals surface area contributed by atoms with Crippen molar-refractivity contribution in [3.63, 3.8) is 0 Å². The average Bonchev–Trinajstić information content (AvgIpc) is 3.37. The largest absolute Gasteiger partial charge is 0.446 e. The highest BCUT2D eigenvalue weighted by Gasteiger charge is 2.47. The highest BCUT2D eigenvalue weighted by Crippen LogP contribution is 2.34. The summed E-state index contributed by atoms with van der Waals surface area (Å²) >= 11 is 0. The molecule has 4 rings (SSSR count). The Labute approximate surface area is 144 Å². The number of aromatic nitrogens is 2. The molecule has 9 nitrogen and oxygen atoms in total. The molecular weight excluding hydrogens is 326 g/mol. The number of hydrogen-bond acceptors (Lipinski definition) is 7. The normalized spacial score (nSPS) is 25.5. The van der Waals surface area contributed by atoms with Crippen molar-refractivity contribution >= 4 is 17.9 Å². The van der Waals surface area contributed by atoms with Crippen molar-refractivity contribution in [2.75, 3.05) is 18.0 Å². The lowest BCUT2D eigenvalue weighted by atomic mass is 10.2. The second kappa shape index (κ2) is 6.47. The van der Waals surface area contributed by atoms with Gasteiger partial charge in [-0.25, -0.2) is 20.2 Å². The van der Waals surface area contributed by atoms with Gasteiger partial charge in [-0.2, -0.15) is 0 Å². The van der Waals surface area contributed by atoms with E-state index in [9.17, 15) is 9.59 Å². The molecule has 0 aromatic carbocycles. The van der Waals surface area contributed by atoms with E-state index in [-0.39, 0.29) is 29.8 Å². The number of piperazine rings is 1. The standard InChI is InChI=1S/C16H21N5O4/c22-14(19-24)10-6-17-15(18-7-10)20-8-12-5-11(20)9-21(12)16(23)25-13-3-1-2-4-13/h6-7,11-13,24H,1-5,8-9H2,(H,19,22)/t11-,12-/m1/s1. The van der Waals surface area contributed by atoms with Crippen molar-refractivity contribution < 1.29 is 19.5 Å². The van der Waals surface area contributed by atoms with Gasteiger partial charge in [0.15, 0.2) is 0 Å². The van der Waals surface area contributed by atoms with Crippen LogP contribution in [0.4, 0.5) is 10.7 Å². The van der Waals surface area contributed by atoms with E-state index < -0.39 is 5.91 Å². The molecule has 3 fully saturated rings. The fourth-order valence-corrected chi connectivity index (χ4v) is 4.00. The first-order chi connectivity index (χ1) is 12.2. The molecule has 0 radical (unpaired) electrons. The van der Waals surface area contributed by atoms with Gasteiger partial charge in [0, 0.05) is 25.5 Å². The second-order valence-electron chi connectivity index (χ2n) is 6.85. The zero-order valence-corrected chi connectivity index (χ0v) is 13.8. The van der Waals surface area contributed by atoms with Crippen molar-refractivity contribution in [3.8, 4) is 0 Å². The minimum Gasteiger partial charge on any atom is -0.446 e. The maximum Gasteiger partial charge on any atom is 0.410 e. The minimum atomic E-state index is -0.643. The molecule has 2 aliphatic heterocycles. The summed E-state index contributed by atoms with van der Waals surface area (Å²) < 4.78 is 5.61. The van der Waals surface area contributed by atoms with Crippen LogP contribution in [0.25, 0.3) is 0 Å². The molecule has 0 unspecified atom stereocenters. The fraction of sp³-hybridized carbons (Fsp3) is 0.625. The third kappa shape index (κ3) is 2.99. The van der Waals surface area contributed by atoms with Gasteiger partial charge in [0.2, 0.25) is 5.95 Å². The number of amides is 2. The molecule has 0 spiro atoms. The van der Waals surface area contributed by atoms with Gasteiger partial charge in [0.05, 0.1) is 17.6 Å². The number of carbonyl (C=O) groups is 2. The summed E-state index contributed by atoms with van der Waals surface area (Å²) in [4.78, 5) is 36.0. The number of anilines is 1. The van der Waals surface area contributed by atoms with E-state index in [0.29, 0.717) is 19.0 Å². The SMILES string of the molecule is O=C(NO)c1cnc(N2C[C@H]3C[C@@H]2CN3C(=O)OC2CCCC2)nc1. The summed E-state index contributed by atoms with van der Waals surface area (Å²) in [6.45, 7) is 1.27. The Bertz CT molecular complexity index is 661. The third-order valence-corrected chi connectivity index (χ3v) is 5.30. The van der Waals surface area contributed by atoms with Crippen LogP contribution in [0.2, 0.25) is 0 Å². The molecule has 1 aromatic heterocycles. The summed E-state index contributed by atoms with van der Waals surface area (Å²) in [5, 5.41) is 8.62. The average molecular weight is 347 g/mol. The molecule has 1 aliphatic carbocycles. The highest BCUT2D eigenvalue weighted by molar-refractivity contribution is 5.92. The molecule has 9 heteroatoms.